The number of carbonyl (C=O) groups is 1. The van der Waals surface area contributed by atoms with Crippen molar-refractivity contribution in [3.8, 4) is 0 Å². The fourth-order valence-corrected chi connectivity index (χ4v) is 3.60. The van der Waals surface area contributed by atoms with Gasteiger partial charge in [-0.15, -0.1) is 5.10 Å². The number of aryl methyl sites for hydroxylation is 2. The van der Waals surface area contributed by atoms with Gasteiger partial charge in [0.1, 0.15) is 0 Å². The summed E-state index contributed by atoms with van der Waals surface area (Å²) >= 11 is 1.36. The Morgan fingerprint density at radius 3 is 2.38 bits per heavy atom. The highest BCUT2D eigenvalue weighted by molar-refractivity contribution is 8.00. The van der Waals surface area contributed by atoms with E-state index in [1.165, 1.54) is 17.3 Å². The van der Waals surface area contributed by atoms with Crippen LogP contribution in [0, 0.1) is 13.8 Å². The molecule has 3 rings (SSSR count). The monoisotopic (exact) mass is 368 g/mol. The number of Topliss-reactive ketones (excluding diaryl/α,β-unsaturated/α-hetero) is 1. The zero-order chi connectivity index (χ0) is 19.1. The number of hydrogen-bond acceptors (Lipinski definition) is 5. The van der Waals surface area contributed by atoms with Crippen LogP contribution in [-0.2, 0) is 5.41 Å². The first-order chi connectivity index (χ1) is 12.1. The molecule has 0 unspecified atom stereocenters. The largest absolute Gasteiger partial charge is 0.293 e. The molecule has 0 aliphatic carbocycles. The van der Waals surface area contributed by atoms with Crippen molar-refractivity contribution < 1.29 is 4.79 Å². The van der Waals surface area contributed by atoms with Crippen molar-refractivity contribution in [1.82, 2.24) is 19.6 Å². The number of rotatable bonds is 4. The molecular formula is C20H24N4OS. The van der Waals surface area contributed by atoms with Crippen molar-refractivity contribution >= 4 is 23.3 Å². The highest BCUT2D eigenvalue weighted by Crippen LogP contribution is 2.26. The molecule has 0 amide bonds. The maximum Gasteiger partial charge on any atom is 0.253 e. The SMILES string of the molecule is Cc1cc(C)n2nc(S[C@@H](C)C(=O)c3ccc(C(C)(C)C)cc3)nc2n1. The molecule has 0 saturated carbocycles. The van der Waals surface area contributed by atoms with Crippen molar-refractivity contribution in [2.45, 2.75) is 57.4 Å². The van der Waals surface area contributed by atoms with Gasteiger partial charge in [-0.1, -0.05) is 56.8 Å². The summed E-state index contributed by atoms with van der Waals surface area (Å²) in [5.74, 6) is 0.648. The maximum atomic E-state index is 12.7. The first kappa shape index (κ1) is 18.6. The molecule has 0 fully saturated rings. The summed E-state index contributed by atoms with van der Waals surface area (Å²) in [6, 6.07) is 9.84. The Balaban J connectivity index is 1.78. The van der Waals surface area contributed by atoms with E-state index in [1.807, 2.05) is 51.1 Å². The van der Waals surface area contributed by atoms with Crippen LogP contribution in [0.15, 0.2) is 35.5 Å². The van der Waals surface area contributed by atoms with Crippen LogP contribution in [0.1, 0.15) is 55.0 Å². The van der Waals surface area contributed by atoms with Crippen LogP contribution in [0.5, 0.6) is 0 Å². The van der Waals surface area contributed by atoms with Crippen LogP contribution in [0.4, 0.5) is 0 Å². The standard InChI is InChI=1S/C20H24N4OS/c1-12-11-13(2)24-18(21-12)22-19(23-24)26-14(3)17(25)15-7-9-16(10-8-15)20(4,5)6/h7-11,14H,1-6H3/t14-/m0/s1. The van der Waals surface area contributed by atoms with Gasteiger partial charge >= 0.3 is 0 Å². The van der Waals surface area contributed by atoms with Crippen LogP contribution in [0.2, 0.25) is 0 Å². The molecule has 0 radical (unpaired) electrons. The quantitative estimate of drug-likeness (QED) is 0.504. The van der Waals surface area contributed by atoms with Gasteiger partial charge in [0.2, 0.25) is 5.16 Å². The highest BCUT2D eigenvalue weighted by Gasteiger charge is 2.20. The molecule has 0 spiro atoms. The number of nitrogens with zero attached hydrogens (tertiary/aromatic N) is 4. The third-order valence-corrected chi connectivity index (χ3v) is 5.24. The molecule has 6 heteroatoms. The predicted molar refractivity (Wildman–Crippen MR) is 105 cm³/mol. The molecule has 0 N–H and O–H groups in total. The molecule has 5 nitrogen and oxygen atoms in total. The molecule has 1 aromatic carbocycles. The zero-order valence-electron chi connectivity index (χ0n) is 16.1. The van der Waals surface area contributed by atoms with Crippen molar-refractivity contribution in [3.63, 3.8) is 0 Å². The summed E-state index contributed by atoms with van der Waals surface area (Å²) in [4.78, 5) is 21.6. The summed E-state index contributed by atoms with van der Waals surface area (Å²) in [7, 11) is 0. The van der Waals surface area contributed by atoms with Gasteiger partial charge in [0.25, 0.3) is 5.78 Å². The third-order valence-electron chi connectivity index (χ3n) is 4.29. The van der Waals surface area contributed by atoms with Gasteiger partial charge in [-0.2, -0.15) is 4.98 Å². The number of fused-ring (bicyclic) bond motifs is 1. The smallest absolute Gasteiger partial charge is 0.253 e. The van der Waals surface area contributed by atoms with E-state index in [4.69, 9.17) is 0 Å². The topological polar surface area (TPSA) is 60.2 Å². The van der Waals surface area contributed by atoms with Crippen LogP contribution in [-0.4, -0.2) is 30.6 Å². The minimum Gasteiger partial charge on any atom is -0.293 e. The second kappa shape index (κ2) is 6.83. The first-order valence-corrected chi connectivity index (χ1v) is 9.55. The number of hydrogen-bond donors (Lipinski definition) is 0. The predicted octanol–water partition coefficient (Wildman–Crippen LogP) is 4.40. The highest BCUT2D eigenvalue weighted by atomic mass is 32.2. The molecule has 26 heavy (non-hydrogen) atoms. The van der Waals surface area contributed by atoms with Crippen LogP contribution >= 0.6 is 11.8 Å². The minimum atomic E-state index is -0.269. The Morgan fingerprint density at radius 1 is 1.12 bits per heavy atom. The summed E-state index contributed by atoms with van der Waals surface area (Å²) in [5, 5.41) is 4.77. The van der Waals surface area contributed by atoms with E-state index in [0.29, 0.717) is 16.5 Å². The molecule has 1 atom stereocenters. The minimum absolute atomic E-state index is 0.0748. The Hall–Kier alpha value is -2.21. The third kappa shape index (κ3) is 3.80. The van der Waals surface area contributed by atoms with Gasteiger partial charge in [-0.05, 0) is 37.8 Å². The van der Waals surface area contributed by atoms with E-state index < -0.39 is 0 Å². The second-order valence-electron chi connectivity index (χ2n) is 7.60. The number of ketones is 1. The fourth-order valence-electron chi connectivity index (χ4n) is 2.78. The van der Waals surface area contributed by atoms with Gasteiger partial charge in [-0.25, -0.2) is 9.50 Å². The number of aromatic nitrogens is 4. The average Bonchev–Trinajstić information content (AvgIpc) is 2.96. The van der Waals surface area contributed by atoms with Gasteiger partial charge in [-0.3, -0.25) is 4.79 Å². The van der Waals surface area contributed by atoms with E-state index in [2.05, 4.69) is 35.8 Å². The molecule has 0 aliphatic heterocycles. The van der Waals surface area contributed by atoms with Gasteiger partial charge in [0.05, 0.1) is 5.25 Å². The Morgan fingerprint density at radius 2 is 1.77 bits per heavy atom. The Bertz CT molecular complexity index is 954. The molecular weight excluding hydrogens is 344 g/mol. The lowest BCUT2D eigenvalue weighted by molar-refractivity contribution is 0.0994. The molecule has 3 aromatic rings. The maximum absolute atomic E-state index is 12.7. The Labute approximate surface area is 158 Å². The van der Waals surface area contributed by atoms with E-state index in [0.717, 1.165) is 11.4 Å². The van der Waals surface area contributed by atoms with Crippen LogP contribution < -0.4 is 0 Å². The molecule has 2 heterocycles. The molecule has 0 saturated heterocycles. The van der Waals surface area contributed by atoms with Crippen molar-refractivity contribution in [3.05, 3.63) is 52.8 Å². The van der Waals surface area contributed by atoms with Crippen molar-refractivity contribution in [2.24, 2.45) is 0 Å². The van der Waals surface area contributed by atoms with E-state index in [-0.39, 0.29) is 16.4 Å². The molecule has 0 aliphatic rings. The van der Waals surface area contributed by atoms with Gasteiger partial charge in [0, 0.05) is 17.0 Å². The first-order valence-electron chi connectivity index (χ1n) is 8.67. The van der Waals surface area contributed by atoms with Crippen LogP contribution in [0.25, 0.3) is 5.78 Å². The average molecular weight is 369 g/mol. The molecule has 0 bridgehead atoms. The van der Waals surface area contributed by atoms with E-state index >= 15 is 0 Å². The van der Waals surface area contributed by atoms with E-state index in [1.54, 1.807) is 4.52 Å². The summed E-state index contributed by atoms with van der Waals surface area (Å²) in [6.45, 7) is 12.3. The lowest BCUT2D eigenvalue weighted by atomic mass is 9.86. The normalized spacial score (nSPS) is 13.2. The number of thioether (sulfide) groups is 1. The van der Waals surface area contributed by atoms with Crippen molar-refractivity contribution in [1.29, 1.82) is 0 Å². The second-order valence-corrected chi connectivity index (χ2v) is 8.90. The van der Waals surface area contributed by atoms with E-state index in [9.17, 15) is 4.79 Å². The fraction of sp³-hybridized carbons (Fsp3) is 0.400. The van der Waals surface area contributed by atoms with Crippen molar-refractivity contribution in [2.75, 3.05) is 0 Å². The van der Waals surface area contributed by atoms with Crippen LogP contribution in [0.3, 0.4) is 0 Å². The number of benzene rings is 1. The number of carbonyl (C=O) groups excluding carboxylic acids is 1. The summed E-state index contributed by atoms with van der Waals surface area (Å²) in [5.41, 5.74) is 3.89. The molecule has 2 aromatic heterocycles. The zero-order valence-corrected chi connectivity index (χ0v) is 16.9. The lowest BCUT2D eigenvalue weighted by Crippen LogP contribution is -2.15. The summed E-state index contributed by atoms with van der Waals surface area (Å²) < 4.78 is 1.71. The van der Waals surface area contributed by atoms with Gasteiger partial charge in [0.15, 0.2) is 5.78 Å². The summed E-state index contributed by atoms with van der Waals surface area (Å²) in [6.07, 6.45) is 0. The van der Waals surface area contributed by atoms with Gasteiger partial charge < -0.3 is 0 Å². The molecule has 136 valence electrons. The lowest BCUT2D eigenvalue weighted by Gasteiger charge is -2.19. The Kier molecular flexibility index (Phi) is 4.88.